The van der Waals surface area contributed by atoms with Gasteiger partial charge in [-0.25, -0.2) is 0 Å². The average Bonchev–Trinajstić information content (AvgIpc) is 2.98. The molecule has 1 heterocycles. The van der Waals surface area contributed by atoms with Crippen molar-refractivity contribution < 1.29 is 5.11 Å². The van der Waals surface area contributed by atoms with Crippen LogP contribution in [0.1, 0.15) is 38.2 Å². The summed E-state index contributed by atoms with van der Waals surface area (Å²) in [6.45, 7) is 5.05. The summed E-state index contributed by atoms with van der Waals surface area (Å²) in [5.41, 5.74) is 1.34. The van der Waals surface area contributed by atoms with E-state index in [1.54, 1.807) is 12.1 Å². The molecular formula is C17H25NO. The summed E-state index contributed by atoms with van der Waals surface area (Å²) in [6.07, 6.45) is 6.74. The Morgan fingerprint density at radius 3 is 2.42 bits per heavy atom. The largest absolute Gasteiger partial charge is 0.508 e. The van der Waals surface area contributed by atoms with Gasteiger partial charge in [-0.3, -0.25) is 0 Å². The molecule has 1 saturated carbocycles. The van der Waals surface area contributed by atoms with E-state index >= 15 is 0 Å². The van der Waals surface area contributed by atoms with Gasteiger partial charge in [-0.15, -0.1) is 0 Å². The molecule has 2 fully saturated rings. The van der Waals surface area contributed by atoms with Crippen LogP contribution in [0, 0.1) is 11.8 Å². The van der Waals surface area contributed by atoms with Gasteiger partial charge < -0.3 is 10.0 Å². The molecule has 104 valence electrons. The number of aryl methyl sites for hydroxylation is 1. The van der Waals surface area contributed by atoms with Crippen LogP contribution in [0.4, 0.5) is 0 Å². The van der Waals surface area contributed by atoms with Crippen molar-refractivity contribution >= 4 is 0 Å². The number of benzene rings is 1. The summed E-state index contributed by atoms with van der Waals surface area (Å²) in [5, 5.41) is 9.29. The van der Waals surface area contributed by atoms with Crippen LogP contribution in [0.25, 0.3) is 0 Å². The van der Waals surface area contributed by atoms with Crippen LogP contribution < -0.4 is 0 Å². The predicted molar refractivity (Wildman–Crippen MR) is 78.3 cm³/mol. The third-order valence-electron chi connectivity index (χ3n) is 5.17. The molecule has 1 aromatic carbocycles. The maximum atomic E-state index is 9.29. The van der Waals surface area contributed by atoms with E-state index in [9.17, 15) is 5.11 Å². The van der Waals surface area contributed by atoms with E-state index in [2.05, 4.69) is 11.8 Å². The Morgan fingerprint density at radius 1 is 1.16 bits per heavy atom. The molecule has 3 rings (SSSR count). The van der Waals surface area contributed by atoms with Crippen LogP contribution in [-0.4, -0.2) is 29.1 Å². The highest BCUT2D eigenvalue weighted by Gasteiger charge is 2.37. The van der Waals surface area contributed by atoms with E-state index in [4.69, 9.17) is 0 Å². The first-order chi connectivity index (χ1) is 9.22. The molecule has 1 N–H and O–H groups in total. The Balaban J connectivity index is 1.49. The van der Waals surface area contributed by atoms with E-state index in [0.717, 1.165) is 18.3 Å². The lowest BCUT2D eigenvalue weighted by Gasteiger charge is -2.25. The van der Waals surface area contributed by atoms with Crippen LogP contribution in [0.5, 0.6) is 5.75 Å². The molecule has 2 nitrogen and oxygen atoms in total. The number of likely N-dealkylation sites (tertiary alicyclic amines) is 1. The zero-order valence-electron chi connectivity index (χ0n) is 11.9. The Labute approximate surface area is 116 Å². The highest BCUT2D eigenvalue weighted by Crippen LogP contribution is 2.38. The fourth-order valence-corrected chi connectivity index (χ4v) is 3.85. The molecule has 2 heteroatoms. The number of rotatable bonds is 4. The Kier molecular flexibility index (Phi) is 3.79. The fraction of sp³-hybridized carbons (Fsp3) is 0.647. The van der Waals surface area contributed by atoms with Crippen molar-refractivity contribution in [3.05, 3.63) is 29.8 Å². The number of phenolic OH excluding ortho intramolecular Hbond substituents is 1. The van der Waals surface area contributed by atoms with E-state index in [1.807, 2.05) is 12.1 Å². The summed E-state index contributed by atoms with van der Waals surface area (Å²) in [7, 11) is 0. The standard InChI is InChI=1S/C17H25NO/c1-13(5-6-14-7-9-17(19)10-8-14)18-11-15-3-2-4-16(15)12-18/h7-10,13,15-16,19H,2-6,11-12H2,1H3. The second-order valence-electron chi connectivity index (χ2n) is 6.46. The monoisotopic (exact) mass is 259 g/mol. The Hall–Kier alpha value is -1.02. The average molecular weight is 259 g/mol. The van der Waals surface area contributed by atoms with Gasteiger partial charge in [0.2, 0.25) is 0 Å². The summed E-state index contributed by atoms with van der Waals surface area (Å²) in [6, 6.07) is 8.36. The topological polar surface area (TPSA) is 23.5 Å². The van der Waals surface area contributed by atoms with Crippen molar-refractivity contribution in [2.75, 3.05) is 13.1 Å². The molecule has 0 radical (unpaired) electrons. The quantitative estimate of drug-likeness (QED) is 0.895. The van der Waals surface area contributed by atoms with Crippen LogP contribution in [-0.2, 0) is 6.42 Å². The van der Waals surface area contributed by atoms with Crippen LogP contribution in [0.2, 0.25) is 0 Å². The minimum absolute atomic E-state index is 0.365. The summed E-state index contributed by atoms with van der Waals surface area (Å²) in [4.78, 5) is 2.70. The second-order valence-corrected chi connectivity index (χ2v) is 6.46. The maximum absolute atomic E-state index is 9.29. The molecular weight excluding hydrogens is 234 g/mol. The van der Waals surface area contributed by atoms with Crippen LogP contribution in [0.3, 0.4) is 0 Å². The molecule has 0 spiro atoms. The Bertz CT molecular complexity index is 402. The fourth-order valence-electron chi connectivity index (χ4n) is 3.85. The van der Waals surface area contributed by atoms with Gasteiger partial charge in [0, 0.05) is 19.1 Å². The number of fused-ring (bicyclic) bond motifs is 1. The lowest BCUT2D eigenvalue weighted by atomic mass is 10.0. The summed E-state index contributed by atoms with van der Waals surface area (Å²) >= 11 is 0. The van der Waals surface area contributed by atoms with Crippen molar-refractivity contribution in [2.45, 2.75) is 45.1 Å². The first kappa shape index (κ1) is 13.0. The molecule has 0 aromatic heterocycles. The third kappa shape index (κ3) is 2.94. The SMILES string of the molecule is CC(CCc1ccc(O)cc1)N1CC2CCCC2C1. The lowest BCUT2D eigenvalue weighted by Crippen LogP contribution is -2.32. The number of hydrogen-bond donors (Lipinski definition) is 1. The molecule has 3 unspecified atom stereocenters. The highest BCUT2D eigenvalue weighted by atomic mass is 16.3. The van der Waals surface area contributed by atoms with Gasteiger partial charge in [0.1, 0.15) is 5.75 Å². The van der Waals surface area contributed by atoms with Crippen molar-refractivity contribution in [3.8, 4) is 5.75 Å². The molecule has 0 bridgehead atoms. The first-order valence-corrected chi connectivity index (χ1v) is 7.74. The van der Waals surface area contributed by atoms with Gasteiger partial charge in [0.25, 0.3) is 0 Å². The molecule has 1 aromatic rings. The molecule has 19 heavy (non-hydrogen) atoms. The molecule has 1 saturated heterocycles. The maximum Gasteiger partial charge on any atom is 0.115 e. The molecule has 2 aliphatic rings. The molecule has 1 aliphatic heterocycles. The van der Waals surface area contributed by atoms with Crippen LogP contribution in [0.15, 0.2) is 24.3 Å². The van der Waals surface area contributed by atoms with E-state index in [-0.39, 0.29) is 0 Å². The van der Waals surface area contributed by atoms with Crippen molar-refractivity contribution in [2.24, 2.45) is 11.8 Å². The molecule has 3 atom stereocenters. The van der Waals surface area contributed by atoms with Crippen LogP contribution >= 0.6 is 0 Å². The van der Waals surface area contributed by atoms with Gasteiger partial charge in [-0.2, -0.15) is 0 Å². The zero-order chi connectivity index (χ0) is 13.2. The van der Waals surface area contributed by atoms with E-state index in [0.29, 0.717) is 11.8 Å². The number of hydrogen-bond acceptors (Lipinski definition) is 2. The minimum Gasteiger partial charge on any atom is -0.508 e. The summed E-state index contributed by atoms with van der Waals surface area (Å²) in [5.74, 6) is 2.36. The van der Waals surface area contributed by atoms with Gasteiger partial charge in [-0.1, -0.05) is 18.6 Å². The van der Waals surface area contributed by atoms with Gasteiger partial charge in [0.05, 0.1) is 0 Å². The van der Waals surface area contributed by atoms with Gasteiger partial charge in [-0.05, 0) is 62.1 Å². The normalized spacial score (nSPS) is 28.5. The zero-order valence-corrected chi connectivity index (χ0v) is 11.9. The second kappa shape index (κ2) is 5.54. The molecule has 0 amide bonds. The third-order valence-corrected chi connectivity index (χ3v) is 5.17. The Morgan fingerprint density at radius 2 is 1.79 bits per heavy atom. The highest BCUT2D eigenvalue weighted by molar-refractivity contribution is 5.25. The number of nitrogens with zero attached hydrogens (tertiary/aromatic N) is 1. The number of phenols is 1. The summed E-state index contributed by atoms with van der Waals surface area (Å²) < 4.78 is 0. The number of aromatic hydroxyl groups is 1. The van der Waals surface area contributed by atoms with E-state index < -0.39 is 0 Å². The van der Waals surface area contributed by atoms with E-state index in [1.165, 1.54) is 44.3 Å². The smallest absolute Gasteiger partial charge is 0.115 e. The van der Waals surface area contributed by atoms with Crippen molar-refractivity contribution in [3.63, 3.8) is 0 Å². The first-order valence-electron chi connectivity index (χ1n) is 7.74. The lowest BCUT2D eigenvalue weighted by molar-refractivity contribution is 0.229. The minimum atomic E-state index is 0.365. The predicted octanol–water partition coefficient (Wildman–Crippen LogP) is 3.45. The van der Waals surface area contributed by atoms with Gasteiger partial charge in [0.15, 0.2) is 0 Å². The van der Waals surface area contributed by atoms with Gasteiger partial charge >= 0.3 is 0 Å². The van der Waals surface area contributed by atoms with Crippen molar-refractivity contribution in [1.82, 2.24) is 4.90 Å². The molecule has 1 aliphatic carbocycles. The van der Waals surface area contributed by atoms with Crippen molar-refractivity contribution in [1.29, 1.82) is 0 Å².